The fraction of sp³-hybridized carbons (Fsp3) is 0.667. The summed E-state index contributed by atoms with van der Waals surface area (Å²) in [4.78, 5) is 14.0. The van der Waals surface area contributed by atoms with Crippen LogP contribution in [0.4, 0.5) is 5.69 Å². The number of anilines is 1. The van der Waals surface area contributed by atoms with E-state index < -0.39 is 0 Å². The first-order valence-corrected chi connectivity index (χ1v) is 6.31. The van der Waals surface area contributed by atoms with E-state index in [2.05, 4.69) is 5.10 Å². The average Bonchev–Trinajstić information content (AvgIpc) is 2.97. The van der Waals surface area contributed by atoms with E-state index in [1.807, 2.05) is 6.92 Å². The maximum atomic E-state index is 12.3. The highest BCUT2D eigenvalue weighted by atomic mass is 16.5. The van der Waals surface area contributed by atoms with Gasteiger partial charge in [-0.15, -0.1) is 0 Å². The van der Waals surface area contributed by atoms with Gasteiger partial charge in [-0.25, -0.2) is 0 Å². The molecule has 1 aliphatic rings. The van der Waals surface area contributed by atoms with Crippen LogP contribution in [0.3, 0.4) is 0 Å². The summed E-state index contributed by atoms with van der Waals surface area (Å²) >= 11 is 0. The fourth-order valence-corrected chi connectivity index (χ4v) is 2.23. The van der Waals surface area contributed by atoms with Crippen LogP contribution >= 0.6 is 0 Å². The average molecular weight is 252 g/mol. The number of nitrogens with zero attached hydrogens (tertiary/aromatic N) is 3. The molecule has 0 radical (unpaired) electrons. The van der Waals surface area contributed by atoms with Gasteiger partial charge >= 0.3 is 0 Å². The summed E-state index contributed by atoms with van der Waals surface area (Å²) in [5.41, 5.74) is 6.70. The number of hydrogen-bond acceptors (Lipinski definition) is 4. The molecule has 1 fully saturated rings. The summed E-state index contributed by atoms with van der Waals surface area (Å²) in [6.45, 7) is 3.96. The van der Waals surface area contributed by atoms with Gasteiger partial charge in [0.25, 0.3) is 5.91 Å². The molecule has 1 saturated heterocycles. The molecule has 2 N–H and O–H groups in total. The van der Waals surface area contributed by atoms with Crippen LogP contribution in [0.1, 0.15) is 30.3 Å². The minimum atomic E-state index is -0.0950. The lowest BCUT2D eigenvalue weighted by molar-refractivity contribution is 0.0579. The lowest BCUT2D eigenvalue weighted by Crippen LogP contribution is -2.35. The number of aromatic nitrogens is 2. The Kier molecular flexibility index (Phi) is 3.86. The van der Waals surface area contributed by atoms with E-state index in [0.29, 0.717) is 24.5 Å². The first kappa shape index (κ1) is 12.9. The van der Waals surface area contributed by atoms with Gasteiger partial charge in [-0.1, -0.05) is 0 Å². The van der Waals surface area contributed by atoms with E-state index in [9.17, 15) is 4.79 Å². The zero-order chi connectivity index (χ0) is 13.1. The Morgan fingerprint density at radius 1 is 1.72 bits per heavy atom. The monoisotopic (exact) mass is 252 g/mol. The van der Waals surface area contributed by atoms with Crippen LogP contribution in [0.15, 0.2) is 6.20 Å². The summed E-state index contributed by atoms with van der Waals surface area (Å²) in [6.07, 6.45) is 3.76. The molecule has 100 valence electrons. The normalized spacial score (nSPS) is 19.1. The summed E-state index contributed by atoms with van der Waals surface area (Å²) in [5.74, 6) is -0.0950. The molecule has 1 aromatic rings. The molecule has 1 aromatic heterocycles. The highest BCUT2D eigenvalue weighted by Crippen LogP contribution is 2.16. The van der Waals surface area contributed by atoms with E-state index in [1.54, 1.807) is 16.6 Å². The Hall–Kier alpha value is -1.56. The van der Waals surface area contributed by atoms with Crippen molar-refractivity contribution in [2.45, 2.75) is 32.4 Å². The molecule has 6 heteroatoms. The lowest BCUT2D eigenvalue weighted by Gasteiger charge is -2.21. The van der Waals surface area contributed by atoms with Gasteiger partial charge in [0.1, 0.15) is 5.69 Å². The van der Waals surface area contributed by atoms with E-state index in [4.69, 9.17) is 10.5 Å². The van der Waals surface area contributed by atoms with E-state index in [1.165, 1.54) is 6.20 Å². The van der Waals surface area contributed by atoms with Crippen LogP contribution in [0.2, 0.25) is 0 Å². The van der Waals surface area contributed by atoms with Crippen molar-refractivity contribution in [3.63, 3.8) is 0 Å². The van der Waals surface area contributed by atoms with E-state index >= 15 is 0 Å². The van der Waals surface area contributed by atoms with Gasteiger partial charge in [0, 0.05) is 26.7 Å². The molecule has 0 saturated carbocycles. The zero-order valence-corrected chi connectivity index (χ0v) is 10.9. The second-order valence-electron chi connectivity index (χ2n) is 4.58. The SMILES string of the molecule is CCn1ncc(N)c1C(=O)N(C)CC1CCCO1. The third-order valence-corrected chi connectivity index (χ3v) is 3.22. The second kappa shape index (κ2) is 5.39. The molecule has 1 aliphatic heterocycles. The largest absolute Gasteiger partial charge is 0.396 e. The maximum absolute atomic E-state index is 12.3. The predicted molar refractivity (Wildman–Crippen MR) is 68.2 cm³/mol. The van der Waals surface area contributed by atoms with Crippen molar-refractivity contribution in [3.8, 4) is 0 Å². The smallest absolute Gasteiger partial charge is 0.274 e. The van der Waals surface area contributed by atoms with Gasteiger partial charge in [-0.2, -0.15) is 5.10 Å². The first-order valence-electron chi connectivity index (χ1n) is 6.31. The topological polar surface area (TPSA) is 73.4 Å². The number of hydrogen-bond donors (Lipinski definition) is 1. The Bertz CT molecular complexity index is 424. The number of ether oxygens (including phenoxy) is 1. The predicted octanol–water partition coefficient (Wildman–Crippen LogP) is 0.736. The van der Waals surface area contributed by atoms with Crippen molar-refractivity contribution < 1.29 is 9.53 Å². The van der Waals surface area contributed by atoms with Crippen LogP contribution in [0, 0.1) is 0 Å². The van der Waals surface area contributed by atoms with Gasteiger partial charge in [-0.3, -0.25) is 9.48 Å². The fourth-order valence-electron chi connectivity index (χ4n) is 2.23. The number of amides is 1. The Morgan fingerprint density at radius 2 is 2.50 bits per heavy atom. The molecule has 0 aromatic carbocycles. The molecular weight excluding hydrogens is 232 g/mol. The van der Waals surface area contributed by atoms with Gasteiger partial charge in [-0.05, 0) is 19.8 Å². The minimum Gasteiger partial charge on any atom is -0.396 e. The zero-order valence-electron chi connectivity index (χ0n) is 10.9. The number of carbonyl (C=O) groups is 1. The molecule has 0 aliphatic carbocycles. The molecule has 0 spiro atoms. The van der Waals surface area contributed by atoms with Crippen LogP contribution < -0.4 is 5.73 Å². The molecular formula is C12H20N4O2. The molecule has 1 unspecified atom stereocenters. The summed E-state index contributed by atoms with van der Waals surface area (Å²) in [5, 5.41) is 4.08. The molecule has 1 amide bonds. The van der Waals surface area contributed by atoms with Crippen LogP contribution in [-0.2, 0) is 11.3 Å². The van der Waals surface area contributed by atoms with Crippen LogP contribution in [-0.4, -0.2) is 46.9 Å². The van der Waals surface area contributed by atoms with Gasteiger partial charge in [0.15, 0.2) is 0 Å². The van der Waals surface area contributed by atoms with Gasteiger partial charge in [0.05, 0.1) is 18.0 Å². The number of rotatable bonds is 4. The summed E-state index contributed by atoms with van der Waals surface area (Å²) in [7, 11) is 1.77. The van der Waals surface area contributed by atoms with Crippen molar-refractivity contribution >= 4 is 11.6 Å². The Balaban J connectivity index is 2.07. The minimum absolute atomic E-state index is 0.0950. The number of aryl methyl sites for hydroxylation is 1. The van der Waals surface area contributed by atoms with E-state index in [0.717, 1.165) is 19.4 Å². The number of nitrogens with two attached hydrogens (primary N) is 1. The molecule has 0 bridgehead atoms. The molecule has 2 heterocycles. The third kappa shape index (κ3) is 2.48. The lowest BCUT2D eigenvalue weighted by atomic mass is 10.2. The molecule has 2 rings (SSSR count). The summed E-state index contributed by atoms with van der Waals surface area (Å²) < 4.78 is 7.16. The molecule has 1 atom stereocenters. The van der Waals surface area contributed by atoms with Crippen molar-refractivity contribution in [2.24, 2.45) is 0 Å². The number of likely N-dealkylation sites (N-methyl/N-ethyl adjacent to an activating group) is 1. The number of nitrogen functional groups attached to an aromatic ring is 1. The number of carbonyl (C=O) groups excluding carboxylic acids is 1. The van der Waals surface area contributed by atoms with Crippen molar-refractivity contribution in [1.29, 1.82) is 0 Å². The van der Waals surface area contributed by atoms with Gasteiger partial charge < -0.3 is 15.4 Å². The first-order chi connectivity index (χ1) is 8.63. The van der Waals surface area contributed by atoms with Crippen molar-refractivity contribution in [1.82, 2.24) is 14.7 Å². The van der Waals surface area contributed by atoms with Crippen LogP contribution in [0.5, 0.6) is 0 Å². The highest BCUT2D eigenvalue weighted by Gasteiger charge is 2.24. The van der Waals surface area contributed by atoms with Gasteiger partial charge in [0.2, 0.25) is 0 Å². The van der Waals surface area contributed by atoms with E-state index in [-0.39, 0.29) is 12.0 Å². The highest BCUT2D eigenvalue weighted by molar-refractivity contribution is 5.97. The quantitative estimate of drug-likeness (QED) is 0.857. The summed E-state index contributed by atoms with van der Waals surface area (Å²) in [6, 6.07) is 0. The van der Waals surface area contributed by atoms with Crippen molar-refractivity contribution in [3.05, 3.63) is 11.9 Å². The Morgan fingerprint density at radius 3 is 3.11 bits per heavy atom. The molecule has 18 heavy (non-hydrogen) atoms. The second-order valence-corrected chi connectivity index (χ2v) is 4.58. The maximum Gasteiger partial charge on any atom is 0.274 e. The Labute approximate surface area is 107 Å². The van der Waals surface area contributed by atoms with Crippen LogP contribution in [0.25, 0.3) is 0 Å². The standard InChI is InChI=1S/C12H20N4O2/c1-3-16-11(10(13)7-14-16)12(17)15(2)8-9-5-4-6-18-9/h7,9H,3-6,8,13H2,1-2H3. The molecule has 6 nitrogen and oxygen atoms in total. The van der Waals surface area contributed by atoms with Crippen molar-refractivity contribution in [2.75, 3.05) is 25.9 Å². The third-order valence-electron chi connectivity index (χ3n) is 3.22.